The minimum atomic E-state index is 0.551. The minimum Gasteiger partial charge on any atom is -0.359 e. The Labute approximate surface area is 56.8 Å². The molecule has 1 aliphatic heterocycles. The van der Waals surface area contributed by atoms with Crippen molar-refractivity contribution in [3.63, 3.8) is 0 Å². The van der Waals surface area contributed by atoms with Gasteiger partial charge < -0.3 is 9.80 Å². The predicted octanol–water partition coefficient (Wildman–Crippen LogP) is 1.07. The quantitative estimate of drug-likeness (QED) is 0.518. The molecule has 1 heterocycles. The van der Waals surface area contributed by atoms with E-state index in [4.69, 9.17) is 0 Å². The molecular formula is C7H14N2. The fourth-order valence-electron chi connectivity index (χ4n) is 1.04. The summed E-state index contributed by atoms with van der Waals surface area (Å²) in [6.45, 7) is 5.46. The van der Waals surface area contributed by atoms with Crippen molar-refractivity contribution in [3.8, 4) is 0 Å². The summed E-state index contributed by atoms with van der Waals surface area (Å²) >= 11 is 0. The summed E-state index contributed by atoms with van der Waals surface area (Å²) in [5.74, 6) is 0. The third-order valence-electron chi connectivity index (χ3n) is 1.93. The van der Waals surface area contributed by atoms with Gasteiger partial charge >= 0.3 is 0 Å². The van der Waals surface area contributed by atoms with Crippen LogP contribution in [-0.2, 0) is 0 Å². The third kappa shape index (κ3) is 1.02. The van der Waals surface area contributed by atoms with E-state index in [0.717, 1.165) is 6.54 Å². The zero-order chi connectivity index (χ0) is 6.85. The molecule has 2 heteroatoms. The molecule has 52 valence electrons. The lowest BCUT2D eigenvalue weighted by molar-refractivity contribution is 0.203. The van der Waals surface area contributed by atoms with Gasteiger partial charge in [-0.25, -0.2) is 0 Å². The van der Waals surface area contributed by atoms with Gasteiger partial charge in [0.2, 0.25) is 0 Å². The van der Waals surface area contributed by atoms with Crippen LogP contribution in [-0.4, -0.2) is 29.6 Å². The van der Waals surface area contributed by atoms with E-state index in [9.17, 15) is 0 Å². The molecule has 0 aromatic rings. The van der Waals surface area contributed by atoms with E-state index in [1.165, 1.54) is 0 Å². The molecule has 0 radical (unpaired) electrons. The fourth-order valence-corrected chi connectivity index (χ4v) is 1.04. The topological polar surface area (TPSA) is 6.48 Å². The summed E-state index contributed by atoms with van der Waals surface area (Å²) in [5.41, 5.74) is 0. The van der Waals surface area contributed by atoms with Gasteiger partial charge in [0.25, 0.3) is 0 Å². The van der Waals surface area contributed by atoms with E-state index in [0.29, 0.717) is 6.17 Å². The molecule has 0 aliphatic carbocycles. The molecule has 1 rings (SSSR count). The molecule has 0 fully saturated rings. The van der Waals surface area contributed by atoms with Gasteiger partial charge in [-0.15, -0.1) is 0 Å². The largest absolute Gasteiger partial charge is 0.359 e. The Kier molecular flexibility index (Phi) is 1.65. The van der Waals surface area contributed by atoms with Crippen LogP contribution in [0.5, 0.6) is 0 Å². The fraction of sp³-hybridized carbons (Fsp3) is 0.714. The number of hydrogen-bond acceptors (Lipinski definition) is 2. The molecule has 0 N–H and O–H groups in total. The smallest absolute Gasteiger partial charge is 0.0974 e. The number of hydrogen-bond donors (Lipinski definition) is 0. The highest BCUT2D eigenvalue weighted by molar-refractivity contribution is 4.92. The molecule has 1 aliphatic rings. The molecule has 0 aromatic heterocycles. The summed E-state index contributed by atoms with van der Waals surface area (Å²) in [6, 6.07) is 0. The van der Waals surface area contributed by atoms with Crippen molar-refractivity contribution in [2.24, 2.45) is 0 Å². The second kappa shape index (κ2) is 2.29. The van der Waals surface area contributed by atoms with Crippen molar-refractivity contribution in [2.45, 2.75) is 20.0 Å². The Hall–Kier alpha value is -0.660. The standard InChI is InChI=1S/C7H14N2/c1-4-9-6-5-8(3)7(9)2/h5-7H,4H2,1-3H3. The van der Waals surface area contributed by atoms with Crippen molar-refractivity contribution in [1.29, 1.82) is 0 Å². The second-order valence-electron chi connectivity index (χ2n) is 2.43. The first-order valence-corrected chi connectivity index (χ1v) is 3.41. The van der Waals surface area contributed by atoms with Crippen LogP contribution in [0, 0.1) is 0 Å². The molecule has 0 saturated carbocycles. The zero-order valence-electron chi connectivity index (χ0n) is 6.33. The highest BCUT2D eigenvalue weighted by Gasteiger charge is 2.15. The van der Waals surface area contributed by atoms with Gasteiger partial charge in [-0.3, -0.25) is 0 Å². The van der Waals surface area contributed by atoms with Crippen molar-refractivity contribution in [3.05, 3.63) is 12.4 Å². The molecule has 1 unspecified atom stereocenters. The molecule has 0 bridgehead atoms. The maximum absolute atomic E-state index is 2.29. The average molecular weight is 126 g/mol. The maximum Gasteiger partial charge on any atom is 0.0974 e. The number of rotatable bonds is 1. The lowest BCUT2D eigenvalue weighted by atomic mass is 10.5. The molecule has 0 aromatic carbocycles. The third-order valence-corrected chi connectivity index (χ3v) is 1.93. The van der Waals surface area contributed by atoms with Crippen molar-refractivity contribution < 1.29 is 0 Å². The Bertz CT molecular complexity index is 120. The first kappa shape index (κ1) is 6.46. The van der Waals surface area contributed by atoms with Gasteiger partial charge in [0.1, 0.15) is 0 Å². The van der Waals surface area contributed by atoms with Crippen molar-refractivity contribution in [1.82, 2.24) is 9.80 Å². The summed E-state index contributed by atoms with van der Waals surface area (Å²) < 4.78 is 0. The molecule has 1 atom stereocenters. The Balaban J connectivity index is 2.51. The van der Waals surface area contributed by atoms with Gasteiger partial charge in [0.15, 0.2) is 0 Å². The highest BCUT2D eigenvalue weighted by atomic mass is 15.4. The van der Waals surface area contributed by atoms with E-state index in [1.807, 2.05) is 0 Å². The van der Waals surface area contributed by atoms with E-state index >= 15 is 0 Å². The van der Waals surface area contributed by atoms with Gasteiger partial charge in [0, 0.05) is 26.0 Å². The maximum atomic E-state index is 2.29. The van der Waals surface area contributed by atoms with Gasteiger partial charge in [0.05, 0.1) is 6.17 Å². The Morgan fingerprint density at radius 1 is 1.44 bits per heavy atom. The van der Waals surface area contributed by atoms with Crippen molar-refractivity contribution >= 4 is 0 Å². The average Bonchev–Trinajstić information content (AvgIpc) is 2.15. The zero-order valence-corrected chi connectivity index (χ0v) is 6.33. The number of nitrogens with zero attached hydrogens (tertiary/aromatic N) is 2. The van der Waals surface area contributed by atoms with Crippen LogP contribution in [0.1, 0.15) is 13.8 Å². The van der Waals surface area contributed by atoms with Crippen LogP contribution in [0.15, 0.2) is 12.4 Å². The monoisotopic (exact) mass is 126 g/mol. The van der Waals surface area contributed by atoms with Crippen LogP contribution in [0.2, 0.25) is 0 Å². The first-order valence-electron chi connectivity index (χ1n) is 3.41. The highest BCUT2D eigenvalue weighted by Crippen LogP contribution is 2.11. The summed E-state index contributed by atoms with van der Waals surface area (Å²) in [5, 5.41) is 0. The van der Waals surface area contributed by atoms with Crippen LogP contribution in [0.3, 0.4) is 0 Å². The Morgan fingerprint density at radius 2 is 2.11 bits per heavy atom. The summed E-state index contributed by atoms with van der Waals surface area (Å²) in [6.07, 6.45) is 4.79. The lowest BCUT2D eigenvalue weighted by Crippen LogP contribution is -2.33. The minimum absolute atomic E-state index is 0.551. The molecule has 0 spiro atoms. The van der Waals surface area contributed by atoms with Gasteiger partial charge in [-0.1, -0.05) is 0 Å². The normalized spacial score (nSPS) is 25.9. The van der Waals surface area contributed by atoms with E-state index in [2.05, 4.69) is 43.1 Å². The second-order valence-corrected chi connectivity index (χ2v) is 2.43. The van der Waals surface area contributed by atoms with Crippen molar-refractivity contribution in [2.75, 3.05) is 13.6 Å². The van der Waals surface area contributed by atoms with E-state index < -0.39 is 0 Å². The van der Waals surface area contributed by atoms with Crippen LogP contribution in [0.25, 0.3) is 0 Å². The lowest BCUT2D eigenvalue weighted by Gasteiger charge is -2.25. The summed E-state index contributed by atoms with van der Waals surface area (Å²) in [7, 11) is 2.09. The van der Waals surface area contributed by atoms with Crippen LogP contribution in [0.4, 0.5) is 0 Å². The van der Waals surface area contributed by atoms with Gasteiger partial charge in [-0.05, 0) is 13.8 Å². The molecule has 0 amide bonds. The molecule has 9 heavy (non-hydrogen) atoms. The predicted molar refractivity (Wildman–Crippen MR) is 38.7 cm³/mol. The van der Waals surface area contributed by atoms with Crippen LogP contribution >= 0.6 is 0 Å². The van der Waals surface area contributed by atoms with Gasteiger partial charge in [-0.2, -0.15) is 0 Å². The summed E-state index contributed by atoms with van der Waals surface area (Å²) in [4.78, 5) is 4.49. The van der Waals surface area contributed by atoms with Crippen LogP contribution < -0.4 is 0 Å². The Morgan fingerprint density at radius 3 is 2.33 bits per heavy atom. The molecule has 0 saturated heterocycles. The SMILES string of the molecule is CCN1C=CN(C)C1C. The van der Waals surface area contributed by atoms with E-state index in [-0.39, 0.29) is 0 Å². The first-order chi connectivity index (χ1) is 4.25. The van der Waals surface area contributed by atoms with E-state index in [1.54, 1.807) is 0 Å². The molecular weight excluding hydrogens is 112 g/mol. The molecule has 2 nitrogen and oxygen atoms in total.